The molecule has 0 saturated carbocycles. The third-order valence-electron chi connectivity index (χ3n) is 4.15. The van der Waals surface area contributed by atoms with Gasteiger partial charge in [0.2, 0.25) is 11.8 Å². The number of amides is 2. The van der Waals surface area contributed by atoms with E-state index in [9.17, 15) is 18.4 Å². The Morgan fingerprint density at radius 2 is 1.76 bits per heavy atom. The second-order valence-corrected chi connectivity index (χ2v) is 6.52. The Hall–Kier alpha value is -1.73. The van der Waals surface area contributed by atoms with Crippen LogP contribution in [0.15, 0.2) is 24.3 Å². The Labute approximate surface area is 150 Å². The first kappa shape index (κ1) is 19.6. The van der Waals surface area contributed by atoms with Crippen LogP contribution in [-0.2, 0) is 9.59 Å². The zero-order chi connectivity index (χ0) is 18.4. The van der Waals surface area contributed by atoms with Crippen LogP contribution in [0.3, 0.4) is 0 Å². The summed E-state index contributed by atoms with van der Waals surface area (Å²) in [6, 6.07) is 6.52. The van der Waals surface area contributed by atoms with Gasteiger partial charge in [0.1, 0.15) is 0 Å². The summed E-state index contributed by atoms with van der Waals surface area (Å²) < 4.78 is 24.8. The van der Waals surface area contributed by atoms with Crippen LogP contribution in [0.25, 0.3) is 0 Å². The van der Waals surface area contributed by atoms with Gasteiger partial charge in [0.15, 0.2) is 0 Å². The fourth-order valence-corrected chi connectivity index (χ4v) is 3.00. The van der Waals surface area contributed by atoms with Crippen molar-refractivity contribution < 1.29 is 18.4 Å². The van der Waals surface area contributed by atoms with Crippen molar-refractivity contribution in [2.45, 2.75) is 25.8 Å². The molecule has 8 heteroatoms. The number of carbonyl (C=O) groups is 2. The third-order valence-corrected chi connectivity index (χ3v) is 4.40. The molecule has 1 heterocycles. The van der Waals surface area contributed by atoms with Crippen molar-refractivity contribution in [2.24, 2.45) is 0 Å². The predicted molar refractivity (Wildman–Crippen MR) is 91.7 cm³/mol. The van der Waals surface area contributed by atoms with Crippen LogP contribution in [0.1, 0.15) is 24.9 Å². The Morgan fingerprint density at radius 1 is 1.16 bits per heavy atom. The summed E-state index contributed by atoms with van der Waals surface area (Å²) in [6.07, 6.45) is -2.24. The average molecular weight is 374 g/mol. The number of piperazine rings is 1. The van der Waals surface area contributed by atoms with Gasteiger partial charge in [0.05, 0.1) is 19.0 Å². The van der Waals surface area contributed by atoms with E-state index in [1.54, 1.807) is 34.1 Å². The van der Waals surface area contributed by atoms with Gasteiger partial charge in [0, 0.05) is 38.1 Å². The Kier molecular flexibility index (Phi) is 7.13. The molecule has 1 N–H and O–H groups in total. The molecule has 1 aromatic carbocycles. The van der Waals surface area contributed by atoms with Gasteiger partial charge >= 0.3 is 0 Å². The highest BCUT2D eigenvalue weighted by atomic mass is 35.5. The van der Waals surface area contributed by atoms with Crippen molar-refractivity contribution in [3.8, 4) is 0 Å². The second kappa shape index (κ2) is 9.10. The maximum Gasteiger partial charge on any atom is 0.251 e. The maximum absolute atomic E-state index is 12.5. The molecule has 5 nitrogen and oxygen atoms in total. The fourth-order valence-electron chi connectivity index (χ4n) is 2.87. The number of nitrogens with one attached hydrogen (secondary N) is 1. The summed E-state index contributed by atoms with van der Waals surface area (Å²) in [4.78, 5) is 27.3. The summed E-state index contributed by atoms with van der Waals surface area (Å²) in [5.41, 5.74) is 0.796. The molecular formula is C17H22ClF2N3O2. The van der Waals surface area contributed by atoms with Crippen molar-refractivity contribution >= 4 is 23.4 Å². The zero-order valence-electron chi connectivity index (χ0n) is 14.1. The standard InChI is InChI=1S/C17H22ClF2N3O2/c1-12(24)21-15(13-2-4-14(18)5-3-13)10-17(25)23-8-6-22(7-9-23)11-16(19)20/h2-5,15-16H,6-11H2,1H3,(H,21,24). The largest absolute Gasteiger partial charge is 0.349 e. The van der Waals surface area contributed by atoms with Gasteiger partial charge in [-0.15, -0.1) is 0 Å². The van der Waals surface area contributed by atoms with Crippen LogP contribution < -0.4 is 5.32 Å². The number of nitrogens with zero attached hydrogens (tertiary/aromatic N) is 2. The van der Waals surface area contributed by atoms with E-state index in [1.807, 2.05) is 0 Å². The van der Waals surface area contributed by atoms with E-state index < -0.39 is 12.5 Å². The van der Waals surface area contributed by atoms with Crippen LogP contribution >= 0.6 is 11.6 Å². The number of benzene rings is 1. The molecule has 0 radical (unpaired) electrons. The van der Waals surface area contributed by atoms with Crippen molar-refractivity contribution in [3.63, 3.8) is 0 Å². The van der Waals surface area contributed by atoms with Crippen molar-refractivity contribution in [1.82, 2.24) is 15.1 Å². The molecule has 1 fully saturated rings. The number of hydrogen-bond donors (Lipinski definition) is 1. The maximum atomic E-state index is 12.5. The highest BCUT2D eigenvalue weighted by Gasteiger charge is 2.25. The van der Waals surface area contributed by atoms with E-state index in [2.05, 4.69) is 5.32 Å². The quantitative estimate of drug-likeness (QED) is 0.832. The Balaban J connectivity index is 1.95. The van der Waals surface area contributed by atoms with Crippen LogP contribution in [0.5, 0.6) is 0 Å². The summed E-state index contributed by atoms with van der Waals surface area (Å²) in [7, 11) is 0. The van der Waals surface area contributed by atoms with Gasteiger partial charge in [-0.05, 0) is 17.7 Å². The fraction of sp³-hybridized carbons (Fsp3) is 0.529. The molecule has 1 aromatic rings. The predicted octanol–water partition coefficient (Wildman–Crippen LogP) is 2.32. The van der Waals surface area contributed by atoms with E-state index in [0.717, 1.165) is 5.56 Å². The third kappa shape index (κ3) is 6.25. The number of carbonyl (C=O) groups excluding carboxylic acids is 2. The minimum absolute atomic E-state index is 0.106. The minimum Gasteiger partial charge on any atom is -0.349 e. The Bertz CT molecular complexity index is 590. The van der Waals surface area contributed by atoms with Crippen LogP contribution in [0, 0.1) is 0 Å². The van der Waals surface area contributed by atoms with Gasteiger partial charge in [0.25, 0.3) is 6.43 Å². The van der Waals surface area contributed by atoms with E-state index in [0.29, 0.717) is 31.2 Å². The second-order valence-electron chi connectivity index (χ2n) is 6.08. The number of hydrogen-bond acceptors (Lipinski definition) is 3. The van der Waals surface area contributed by atoms with E-state index in [-0.39, 0.29) is 24.8 Å². The smallest absolute Gasteiger partial charge is 0.251 e. The summed E-state index contributed by atoms with van der Waals surface area (Å²) >= 11 is 5.88. The zero-order valence-corrected chi connectivity index (χ0v) is 14.8. The molecule has 0 spiro atoms. The van der Waals surface area contributed by atoms with Gasteiger partial charge in [-0.25, -0.2) is 8.78 Å². The first-order valence-electron chi connectivity index (χ1n) is 8.16. The monoisotopic (exact) mass is 373 g/mol. The average Bonchev–Trinajstić information content (AvgIpc) is 2.54. The molecule has 0 aromatic heterocycles. The molecule has 1 atom stereocenters. The molecule has 2 rings (SSSR count). The summed E-state index contributed by atoms with van der Waals surface area (Å²) in [5.74, 6) is -0.333. The normalized spacial score (nSPS) is 16.8. The Morgan fingerprint density at radius 3 is 2.28 bits per heavy atom. The molecule has 1 unspecified atom stereocenters. The highest BCUT2D eigenvalue weighted by molar-refractivity contribution is 6.30. The lowest BCUT2D eigenvalue weighted by atomic mass is 10.0. The van der Waals surface area contributed by atoms with Crippen molar-refractivity contribution in [3.05, 3.63) is 34.9 Å². The molecule has 1 aliphatic heterocycles. The topological polar surface area (TPSA) is 52.7 Å². The van der Waals surface area contributed by atoms with E-state index >= 15 is 0 Å². The molecule has 0 bridgehead atoms. The van der Waals surface area contributed by atoms with Crippen LogP contribution in [0.4, 0.5) is 8.78 Å². The van der Waals surface area contributed by atoms with Crippen molar-refractivity contribution in [2.75, 3.05) is 32.7 Å². The number of alkyl halides is 2. The summed E-state index contributed by atoms with van der Waals surface area (Å²) in [6.45, 7) is 2.83. The molecule has 0 aliphatic carbocycles. The van der Waals surface area contributed by atoms with Gasteiger partial charge in [-0.2, -0.15) is 0 Å². The number of rotatable bonds is 6. The molecule has 138 valence electrons. The lowest BCUT2D eigenvalue weighted by Gasteiger charge is -2.35. The van der Waals surface area contributed by atoms with Gasteiger partial charge in [-0.3, -0.25) is 14.5 Å². The molecular weight excluding hydrogens is 352 g/mol. The highest BCUT2D eigenvalue weighted by Crippen LogP contribution is 2.21. The molecule has 1 saturated heterocycles. The lowest BCUT2D eigenvalue weighted by Crippen LogP contribution is -2.50. The van der Waals surface area contributed by atoms with Crippen LogP contribution in [-0.4, -0.2) is 60.8 Å². The molecule has 1 aliphatic rings. The van der Waals surface area contributed by atoms with Gasteiger partial charge < -0.3 is 10.2 Å². The van der Waals surface area contributed by atoms with Crippen LogP contribution in [0.2, 0.25) is 5.02 Å². The first-order valence-corrected chi connectivity index (χ1v) is 8.54. The molecule has 2 amide bonds. The number of halogens is 3. The first-order chi connectivity index (χ1) is 11.8. The SMILES string of the molecule is CC(=O)NC(CC(=O)N1CCN(CC(F)F)CC1)c1ccc(Cl)cc1. The minimum atomic E-state index is -2.36. The van der Waals surface area contributed by atoms with E-state index in [1.165, 1.54) is 6.92 Å². The lowest BCUT2D eigenvalue weighted by molar-refractivity contribution is -0.134. The van der Waals surface area contributed by atoms with Crippen molar-refractivity contribution in [1.29, 1.82) is 0 Å². The summed E-state index contributed by atoms with van der Waals surface area (Å²) in [5, 5.41) is 3.36. The van der Waals surface area contributed by atoms with E-state index in [4.69, 9.17) is 11.6 Å². The van der Waals surface area contributed by atoms with Gasteiger partial charge in [-0.1, -0.05) is 23.7 Å². The molecule has 25 heavy (non-hydrogen) atoms.